The number of ether oxygens (including phenoxy) is 1. The second-order valence-electron chi connectivity index (χ2n) is 6.01. The van der Waals surface area contributed by atoms with Gasteiger partial charge in [-0.2, -0.15) is 0 Å². The van der Waals surface area contributed by atoms with Gasteiger partial charge in [-0.15, -0.1) is 0 Å². The molecule has 1 N–H and O–H groups in total. The van der Waals surface area contributed by atoms with Gasteiger partial charge in [-0.3, -0.25) is 19.9 Å². The van der Waals surface area contributed by atoms with Crippen molar-refractivity contribution in [1.29, 1.82) is 0 Å². The molecule has 0 radical (unpaired) electrons. The molecule has 2 rings (SSSR count). The zero-order valence-electron chi connectivity index (χ0n) is 14.1. The average Bonchev–Trinajstić information content (AvgIpc) is 2.53. The molecule has 1 aromatic heterocycles. The monoisotopic (exact) mass is 371 g/mol. The minimum Gasteiger partial charge on any atom is -0.466 e. The molecule has 0 spiro atoms. The predicted molar refractivity (Wildman–Crippen MR) is 88.7 cm³/mol. The van der Waals surface area contributed by atoms with Crippen LogP contribution < -0.4 is 5.32 Å². The van der Waals surface area contributed by atoms with Crippen LogP contribution >= 0.6 is 0 Å². The molecule has 9 nitrogen and oxygen atoms in total. The number of hydrogen-bond acceptors (Lipinski definition) is 8. The summed E-state index contributed by atoms with van der Waals surface area (Å²) in [6.07, 6.45) is 3.60. The predicted octanol–water partition coefficient (Wildman–Crippen LogP) is 1.39. The van der Waals surface area contributed by atoms with Gasteiger partial charge < -0.3 is 10.1 Å². The lowest BCUT2D eigenvalue weighted by molar-refractivity contribution is -0.386. The summed E-state index contributed by atoms with van der Waals surface area (Å²) in [7, 11) is -3.59. The molecule has 2 atom stereocenters. The van der Waals surface area contributed by atoms with Crippen LogP contribution in [0.4, 0.5) is 5.69 Å². The number of aromatic nitrogens is 1. The van der Waals surface area contributed by atoms with Crippen molar-refractivity contribution in [3.63, 3.8) is 0 Å². The van der Waals surface area contributed by atoms with Crippen molar-refractivity contribution in [3.8, 4) is 0 Å². The van der Waals surface area contributed by atoms with Crippen molar-refractivity contribution in [3.05, 3.63) is 28.1 Å². The van der Waals surface area contributed by atoms with E-state index in [-0.39, 0.29) is 34.6 Å². The molecule has 1 aliphatic rings. The lowest BCUT2D eigenvalue weighted by Crippen LogP contribution is -2.33. The Bertz CT molecular complexity index is 765. The van der Waals surface area contributed by atoms with Crippen LogP contribution in [0.5, 0.6) is 0 Å². The van der Waals surface area contributed by atoms with E-state index in [0.717, 1.165) is 24.9 Å². The summed E-state index contributed by atoms with van der Waals surface area (Å²) in [5.74, 6) is -0.260. The molecule has 138 valence electrons. The van der Waals surface area contributed by atoms with E-state index in [0.29, 0.717) is 19.6 Å². The van der Waals surface area contributed by atoms with E-state index in [1.807, 2.05) is 0 Å². The van der Waals surface area contributed by atoms with Gasteiger partial charge >= 0.3 is 5.97 Å². The summed E-state index contributed by atoms with van der Waals surface area (Å²) in [6, 6.07) is 0.621. The van der Waals surface area contributed by atoms with Gasteiger partial charge in [0.15, 0.2) is 9.84 Å². The zero-order valence-corrected chi connectivity index (χ0v) is 14.9. The maximum absolute atomic E-state index is 11.7. The van der Waals surface area contributed by atoms with Crippen LogP contribution in [0.25, 0.3) is 0 Å². The first-order valence-corrected chi connectivity index (χ1v) is 9.85. The Morgan fingerprint density at radius 2 is 2.24 bits per heavy atom. The number of nitro groups is 1. The number of esters is 1. The number of hydrogen-bond donors (Lipinski definition) is 1. The minimum absolute atomic E-state index is 0.0290. The lowest BCUT2D eigenvalue weighted by Gasteiger charge is -2.29. The largest absolute Gasteiger partial charge is 0.466 e. The van der Waals surface area contributed by atoms with Gasteiger partial charge in [0.05, 0.1) is 22.5 Å². The highest BCUT2D eigenvalue weighted by atomic mass is 32.2. The van der Waals surface area contributed by atoms with Gasteiger partial charge in [0.2, 0.25) is 0 Å². The molecule has 0 aliphatic carbocycles. The van der Waals surface area contributed by atoms with Crippen molar-refractivity contribution in [2.24, 2.45) is 5.92 Å². The number of carbonyl (C=O) groups excluding carboxylic acids is 1. The third-order valence-electron chi connectivity index (χ3n) is 4.10. The van der Waals surface area contributed by atoms with Gasteiger partial charge in [0.1, 0.15) is 5.69 Å². The number of piperidine rings is 1. The summed E-state index contributed by atoms with van der Waals surface area (Å²) in [5.41, 5.74) is -0.150. The van der Waals surface area contributed by atoms with Crippen LogP contribution in [0.2, 0.25) is 0 Å². The molecule has 10 heteroatoms. The molecule has 1 saturated heterocycles. The van der Waals surface area contributed by atoms with Crippen LogP contribution in [0.1, 0.15) is 37.9 Å². The van der Waals surface area contributed by atoms with Crippen LogP contribution in [-0.4, -0.2) is 43.7 Å². The highest BCUT2D eigenvalue weighted by Crippen LogP contribution is 2.33. The van der Waals surface area contributed by atoms with Crippen molar-refractivity contribution >= 4 is 21.5 Å². The topological polar surface area (TPSA) is 128 Å². The minimum atomic E-state index is -3.59. The summed E-state index contributed by atoms with van der Waals surface area (Å²) in [4.78, 5) is 26.2. The second-order valence-corrected chi connectivity index (χ2v) is 8.03. The number of rotatable bonds is 6. The summed E-state index contributed by atoms with van der Waals surface area (Å²) < 4.78 is 28.2. The third-order valence-corrected chi connectivity index (χ3v) is 5.18. The van der Waals surface area contributed by atoms with Gasteiger partial charge in [-0.1, -0.05) is 0 Å². The van der Waals surface area contributed by atoms with E-state index in [2.05, 4.69) is 10.3 Å². The Morgan fingerprint density at radius 1 is 1.52 bits per heavy atom. The van der Waals surface area contributed by atoms with Crippen molar-refractivity contribution in [1.82, 2.24) is 10.3 Å². The lowest BCUT2D eigenvalue weighted by atomic mass is 9.88. The van der Waals surface area contributed by atoms with Crippen LogP contribution in [0, 0.1) is 16.0 Å². The molecule has 2 heterocycles. The average molecular weight is 371 g/mol. The molecule has 0 amide bonds. The Balaban J connectivity index is 2.25. The molecule has 25 heavy (non-hydrogen) atoms. The molecule has 2 unspecified atom stereocenters. The van der Waals surface area contributed by atoms with Crippen molar-refractivity contribution in [2.75, 3.05) is 19.4 Å². The fourth-order valence-corrected chi connectivity index (χ4v) is 3.48. The van der Waals surface area contributed by atoms with Crippen LogP contribution in [0.15, 0.2) is 17.2 Å². The zero-order chi connectivity index (χ0) is 18.6. The highest BCUT2D eigenvalue weighted by molar-refractivity contribution is 7.90. The van der Waals surface area contributed by atoms with Gasteiger partial charge in [-0.05, 0) is 32.2 Å². The summed E-state index contributed by atoms with van der Waals surface area (Å²) >= 11 is 0. The number of nitrogens with one attached hydrogen (secondary N) is 1. The van der Waals surface area contributed by atoms with E-state index in [9.17, 15) is 23.3 Å². The van der Waals surface area contributed by atoms with Crippen LogP contribution in [-0.2, 0) is 19.4 Å². The molecular formula is C15H21N3O6S. The van der Waals surface area contributed by atoms with Gasteiger partial charge in [-0.25, -0.2) is 8.42 Å². The van der Waals surface area contributed by atoms with Crippen molar-refractivity contribution < 1.29 is 22.9 Å². The Labute approximate surface area is 145 Å². The molecule has 0 aromatic carbocycles. The highest BCUT2D eigenvalue weighted by Gasteiger charge is 2.31. The number of nitrogens with zero attached hydrogens (tertiary/aromatic N) is 2. The summed E-state index contributed by atoms with van der Waals surface area (Å²) in [5, 5.41) is 14.5. The first-order valence-electron chi connectivity index (χ1n) is 7.95. The maximum Gasteiger partial charge on any atom is 0.306 e. The second kappa shape index (κ2) is 7.87. The van der Waals surface area contributed by atoms with E-state index < -0.39 is 20.8 Å². The Hall–Kier alpha value is -2.07. The van der Waals surface area contributed by atoms with E-state index >= 15 is 0 Å². The fourth-order valence-electron chi connectivity index (χ4n) is 2.91. The number of carbonyl (C=O) groups is 1. The normalized spacial score (nSPS) is 20.9. The van der Waals surface area contributed by atoms with E-state index in [1.165, 1.54) is 0 Å². The Morgan fingerprint density at radius 3 is 2.84 bits per heavy atom. The number of sulfone groups is 1. The number of pyridine rings is 1. The van der Waals surface area contributed by atoms with Crippen LogP contribution in [0.3, 0.4) is 0 Å². The third kappa shape index (κ3) is 4.95. The molecule has 1 aromatic rings. The molecular weight excluding hydrogens is 350 g/mol. The summed E-state index contributed by atoms with van der Waals surface area (Å²) in [6.45, 7) is 2.63. The van der Waals surface area contributed by atoms with E-state index in [4.69, 9.17) is 4.74 Å². The van der Waals surface area contributed by atoms with E-state index in [1.54, 1.807) is 6.92 Å². The first kappa shape index (κ1) is 19.3. The van der Waals surface area contributed by atoms with Crippen molar-refractivity contribution in [2.45, 2.75) is 37.1 Å². The molecule has 1 aliphatic heterocycles. The molecule has 0 saturated carbocycles. The standard InChI is InChI=1S/C15H21N3O6S/c1-3-24-14(19)7-10-4-5-16-12(6-10)15-13(18(20)21)8-11(9-17-15)25(2,22)23/h8-10,12,16H,3-7H2,1-2H3. The quantitative estimate of drug-likeness (QED) is 0.451. The molecule has 1 fully saturated rings. The first-order chi connectivity index (χ1) is 11.7. The fraction of sp³-hybridized carbons (Fsp3) is 0.600. The molecule has 0 bridgehead atoms. The SMILES string of the molecule is CCOC(=O)CC1CCNC(c2ncc(S(C)(=O)=O)cc2[N+](=O)[O-])C1. The van der Waals surface area contributed by atoms with Gasteiger partial charge in [0, 0.05) is 24.9 Å². The maximum atomic E-state index is 11.7. The van der Waals surface area contributed by atoms with Gasteiger partial charge in [0.25, 0.3) is 5.69 Å². The smallest absolute Gasteiger partial charge is 0.306 e. The Kier molecular flexibility index (Phi) is 6.07.